The molecule has 3 aromatic rings. The zero-order valence-electron chi connectivity index (χ0n) is 25.5. The molecule has 1 saturated carbocycles. The van der Waals surface area contributed by atoms with Gasteiger partial charge < -0.3 is 24.8 Å². The van der Waals surface area contributed by atoms with Gasteiger partial charge in [0.25, 0.3) is 5.91 Å². The van der Waals surface area contributed by atoms with Gasteiger partial charge in [0.15, 0.2) is 24.1 Å². The van der Waals surface area contributed by atoms with Crippen LogP contribution in [0.1, 0.15) is 42.4 Å². The topological polar surface area (TPSA) is 91.3 Å². The van der Waals surface area contributed by atoms with Gasteiger partial charge in [-0.15, -0.1) is 0 Å². The molecule has 2 N–H and O–H groups in total. The second-order valence-corrected chi connectivity index (χ2v) is 12.0. The van der Waals surface area contributed by atoms with Crippen LogP contribution in [0, 0.1) is 24.4 Å². The van der Waals surface area contributed by atoms with E-state index in [-0.39, 0.29) is 31.3 Å². The fourth-order valence-electron chi connectivity index (χ4n) is 6.31. The number of piperazine rings is 1. The predicted molar refractivity (Wildman–Crippen MR) is 165 cm³/mol. The van der Waals surface area contributed by atoms with Gasteiger partial charge in [0.1, 0.15) is 5.75 Å². The van der Waals surface area contributed by atoms with Crippen LogP contribution < -0.4 is 14.8 Å². The first kappa shape index (κ1) is 31.5. The Morgan fingerprint density at radius 2 is 1.76 bits per heavy atom. The van der Waals surface area contributed by atoms with Crippen molar-refractivity contribution >= 4 is 17.6 Å². The summed E-state index contributed by atoms with van der Waals surface area (Å²) in [4.78, 5) is 29.9. The molecule has 8 nitrogen and oxygen atoms in total. The van der Waals surface area contributed by atoms with E-state index in [0.717, 1.165) is 41.2 Å². The van der Waals surface area contributed by atoms with E-state index in [1.807, 2.05) is 55.5 Å². The second kappa shape index (κ2) is 13.5. The predicted octanol–water partition coefficient (Wildman–Crippen LogP) is 5.93. The first-order chi connectivity index (χ1) is 22.2. The van der Waals surface area contributed by atoms with Crippen LogP contribution in [-0.4, -0.2) is 71.5 Å². The number of nitrogens with zero attached hydrogens (tertiary/aromatic N) is 2. The van der Waals surface area contributed by atoms with Gasteiger partial charge in [-0.1, -0.05) is 36.4 Å². The van der Waals surface area contributed by atoms with Crippen molar-refractivity contribution in [2.75, 3.05) is 26.4 Å². The van der Waals surface area contributed by atoms with E-state index in [1.54, 1.807) is 4.90 Å². The van der Waals surface area contributed by atoms with Crippen LogP contribution in [-0.2, 0) is 11.2 Å². The van der Waals surface area contributed by atoms with Crippen molar-refractivity contribution in [1.29, 1.82) is 0 Å². The van der Waals surface area contributed by atoms with Crippen molar-refractivity contribution in [3.05, 3.63) is 100 Å². The zero-order valence-corrected chi connectivity index (χ0v) is 25.5. The van der Waals surface area contributed by atoms with Gasteiger partial charge >= 0.3 is 6.09 Å². The molecular formula is C35H36F3N3O5. The number of hydrogen-bond acceptors (Lipinski definition) is 5. The minimum atomic E-state index is -1.35. The number of carbonyl (C=O) groups excluding carboxylic acids is 1. The van der Waals surface area contributed by atoms with Crippen LogP contribution in [0.4, 0.5) is 18.0 Å². The van der Waals surface area contributed by atoms with Gasteiger partial charge in [-0.25, -0.2) is 13.6 Å². The van der Waals surface area contributed by atoms with Crippen LogP contribution >= 0.6 is 0 Å². The molecule has 0 aromatic heterocycles. The van der Waals surface area contributed by atoms with Crippen LogP contribution in [0.3, 0.4) is 0 Å². The summed E-state index contributed by atoms with van der Waals surface area (Å²) in [5, 5.41) is 13.5. The molecule has 2 bridgehead atoms. The second-order valence-electron chi connectivity index (χ2n) is 12.0. The average molecular weight is 636 g/mol. The number of hydrogen-bond donors (Lipinski definition) is 2. The standard InChI is InChI=1S/C35H36F3N3O5/c1-21-4-2-6-26(16-21)46-20-40(24-11-12-24)34(42)31-27(17-25-18-39-19-30(31)41(25)35(43)44)23-9-7-22(8-10-23)5-3-15-45-33-29(37)14-13-28(36)32(33)38/h2,4,6-10,13-14,16,24-25,30,39H,3,5,11-12,15,17-20H2,1H3,(H,43,44). The van der Waals surface area contributed by atoms with Gasteiger partial charge in [0.2, 0.25) is 5.82 Å². The number of ether oxygens (including phenoxy) is 2. The number of carboxylic acid groups (broad SMARTS) is 1. The van der Waals surface area contributed by atoms with E-state index >= 15 is 0 Å². The molecule has 2 atom stereocenters. The van der Waals surface area contributed by atoms with Crippen LogP contribution in [0.2, 0.25) is 0 Å². The summed E-state index contributed by atoms with van der Waals surface area (Å²) in [7, 11) is 0. The maximum atomic E-state index is 14.4. The zero-order chi connectivity index (χ0) is 32.4. The molecule has 3 aromatic carbocycles. The van der Waals surface area contributed by atoms with Crippen molar-refractivity contribution in [2.45, 2.75) is 57.2 Å². The fraction of sp³-hybridized carbons (Fsp3) is 0.371. The molecule has 1 aliphatic carbocycles. The molecule has 2 aliphatic heterocycles. The molecule has 6 rings (SSSR count). The van der Waals surface area contributed by atoms with E-state index < -0.39 is 35.3 Å². The van der Waals surface area contributed by atoms with E-state index in [0.29, 0.717) is 49.7 Å². The third-order valence-electron chi connectivity index (χ3n) is 8.77. The highest BCUT2D eigenvalue weighted by molar-refractivity contribution is 6.04. The van der Waals surface area contributed by atoms with Gasteiger partial charge in [-0.3, -0.25) is 9.69 Å². The average Bonchev–Trinajstić information content (AvgIpc) is 3.88. The number of aryl methyl sites for hydroxylation is 2. The summed E-state index contributed by atoms with van der Waals surface area (Å²) >= 11 is 0. The van der Waals surface area contributed by atoms with Crippen molar-refractivity contribution < 1.29 is 37.3 Å². The summed E-state index contributed by atoms with van der Waals surface area (Å²) in [5.41, 5.74) is 4.11. The molecule has 242 valence electrons. The molecule has 0 spiro atoms. The summed E-state index contributed by atoms with van der Waals surface area (Å²) in [6.07, 6.45) is 2.02. The maximum absolute atomic E-state index is 14.4. The molecule has 11 heteroatoms. The Kier molecular flexibility index (Phi) is 9.21. The largest absolute Gasteiger partial charge is 0.488 e. The van der Waals surface area contributed by atoms with Gasteiger partial charge in [-0.2, -0.15) is 4.39 Å². The van der Waals surface area contributed by atoms with E-state index in [1.165, 1.54) is 4.90 Å². The fourth-order valence-corrected chi connectivity index (χ4v) is 6.31. The number of halogens is 3. The number of nitrogens with one attached hydrogen (secondary N) is 1. The van der Waals surface area contributed by atoms with Crippen LogP contribution in [0.5, 0.6) is 11.5 Å². The van der Waals surface area contributed by atoms with E-state index in [2.05, 4.69) is 5.32 Å². The Labute approximate surface area is 265 Å². The molecule has 0 radical (unpaired) electrons. The smallest absolute Gasteiger partial charge is 0.408 e. The first-order valence-electron chi connectivity index (χ1n) is 15.5. The Morgan fingerprint density at radius 3 is 2.48 bits per heavy atom. The molecule has 1 saturated heterocycles. The third-order valence-corrected chi connectivity index (χ3v) is 8.77. The van der Waals surface area contributed by atoms with Gasteiger partial charge in [0, 0.05) is 24.7 Å². The summed E-state index contributed by atoms with van der Waals surface area (Å²) < 4.78 is 52.5. The van der Waals surface area contributed by atoms with E-state index in [9.17, 15) is 27.9 Å². The summed E-state index contributed by atoms with van der Waals surface area (Å²) in [6.45, 7) is 2.84. The van der Waals surface area contributed by atoms with Crippen molar-refractivity contribution in [1.82, 2.24) is 15.1 Å². The number of benzene rings is 3. The first-order valence-corrected chi connectivity index (χ1v) is 15.5. The maximum Gasteiger partial charge on any atom is 0.408 e. The molecule has 46 heavy (non-hydrogen) atoms. The molecule has 3 aliphatic rings. The highest BCUT2D eigenvalue weighted by Crippen LogP contribution is 2.39. The Morgan fingerprint density at radius 1 is 1.00 bits per heavy atom. The lowest BCUT2D eigenvalue weighted by atomic mass is 9.81. The lowest BCUT2D eigenvalue weighted by Crippen LogP contribution is -2.63. The highest BCUT2D eigenvalue weighted by atomic mass is 19.2. The SMILES string of the molecule is Cc1cccc(OCN(C(=O)C2=C(c3ccc(CCCOc4c(F)ccc(F)c4F)cc3)CC3CNCC2N3C(=O)O)C2CC2)c1. The summed E-state index contributed by atoms with van der Waals surface area (Å²) in [5.74, 6) is -3.77. The molecule has 2 fully saturated rings. The third kappa shape index (κ3) is 6.69. The molecular weight excluding hydrogens is 599 g/mol. The minimum absolute atomic E-state index is 0.00808. The Hall–Kier alpha value is -4.51. The lowest BCUT2D eigenvalue weighted by molar-refractivity contribution is -0.131. The quantitative estimate of drug-likeness (QED) is 0.154. The highest BCUT2D eigenvalue weighted by Gasteiger charge is 2.46. The Bertz CT molecular complexity index is 1640. The van der Waals surface area contributed by atoms with Crippen molar-refractivity contribution in [2.24, 2.45) is 0 Å². The van der Waals surface area contributed by atoms with Gasteiger partial charge in [0.05, 0.1) is 18.7 Å². The minimum Gasteiger partial charge on any atom is -0.488 e. The van der Waals surface area contributed by atoms with Crippen molar-refractivity contribution in [3.8, 4) is 11.5 Å². The van der Waals surface area contributed by atoms with Crippen LogP contribution in [0.25, 0.3) is 5.57 Å². The molecule has 2 unspecified atom stereocenters. The van der Waals surface area contributed by atoms with Crippen LogP contribution in [0.15, 0.2) is 66.2 Å². The molecule has 2 amide bonds. The van der Waals surface area contributed by atoms with E-state index in [4.69, 9.17) is 9.47 Å². The number of carbonyl (C=O) groups is 2. The number of rotatable bonds is 11. The lowest BCUT2D eigenvalue weighted by Gasteiger charge is -2.47. The number of fused-ring (bicyclic) bond motifs is 2. The summed E-state index contributed by atoms with van der Waals surface area (Å²) in [6, 6.07) is 15.9. The molecule has 2 heterocycles. The number of amides is 2. The normalized spacial score (nSPS) is 19.2. The Balaban J connectivity index is 1.22. The van der Waals surface area contributed by atoms with Gasteiger partial charge in [-0.05, 0) is 85.6 Å². The monoisotopic (exact) mass is 635 g/mol. The van der Waals surface area contributed by atoms with Crippen molar-refractivity contribution in [3.63, 3.8) is 0 Å².